The monoisotopic (exact) mass is 285 g/mol. The first-order chi connectivity index (χ1) is 9.74. The second-order valence-corrected chi connectivity index (χ2v) is 6.37. The SMILES string of the molecule is CN(C)CCCc1ccc(SCc2ccccc2)cc1. The number of nitrogens with zero attached hydrogens (tertiary/aromatic N) is 1. The van der Waals surface area contributed by atoms with Crippen LogP contribution in [0.25, 0.3) is 0 Å². The first-order valence-electron chi connectivity index (χ1n) is 7.14. The molecule has 2 aromatic carbocycles. The van der Waals surface area contributed by atoms with Crippen molar-refractivity contribution in [3.63, 3.8) is 0 Å². The van der Waals surface area contributed by atoms with E-state index in [0.29, 0.717) is 0 Å². The molecule has 2 rings (SSSR count). The highest BCUT2D eigenvalue weighted by molar-refractivity contribution is 7.98. The van der Waals surface area contributed by atoms with Gasteiger partial charge in [0, 0.05) is 10.6 Å². The van der Waals surface area contributed by atoms with E-state index in [0.717, 1.165) is 12.3 Å². The highest BCUT2D eigenvalue weighted by Gasteiger charge is 1.98. The van der Waals surface area contributed by atoms with Crippen molar-refractivity contribution in [2.75, 3.05) is 20.6 Å². The minimum atomic E-state index is 1.04. The molecule has 0 bridgehead atoms. The predicted molar refractivity (Wildman–Crippen MR) is 89.3 cm³/mol. The van der Waals surface area contributed by atoms with E-state index in [1.807, 2.05) is 11.8 Å². The summed E-state index contributed by atoms with van der Waals surface area (Å²) in [6.45, 7) is 1.16. The Kier molecular flexibility index (Phi) is 6.16. The fourth-order valence-corrected chi connectivity index (χ4v) is 2.95. The van der Waals surface area contributed by atoms with Gasteiger partial charge < -0.3 is 4.90 Å². The molecule has 0 heterocycles. The molecule has 0 N–H and O–H groups in total. The van der Waals surface area contributed by atoms with Crippen LogP contribution in [0.2, 0.25) is 0 Å². The third-order valence-electron chi connectivity index (χ3n) is 3.24. The third-order valence-corrected chi connectivity index (χ3v) is 4.33. The van der Waals surface area contributed by atoms with E-state index in [9.17, 15) is 0 Å². The van der Waals surface area contributed by atoms with Gasteiger partial charge in [0.15, 0.2) is 0 Å². The Balaban J connectivity index is 1.79. The highest BCUT2D eigenvalue weighted by Crippen LogP contribution is 2.23. The molecule has 0 spiro atoms. The van der Waals surface area contributed by atoms with Crippen LogP contribution in [0.1, 0.15) is 17.5 Å². The van der Waals surface area contributed by atoms with Gasteiger partial charge in [0.1, 0.15) is 0 Å². The molecular formula is C18H23NS. The van der Waals surface area contributed by atoms with E-state index in [4.69, 9.17) is 0 Å². The molecule has 0 fully saturated rings. The number of rotatable bonds is 7. The van der Waals surface area contributed by atoms with Crippen LogP contribution < -0.4 is 0 Å². The maximum absolute atomic E-state index is 2.27. The smallest absolute Gasteiger partial charge is 0.0231 e. The maximum Gasteiger partial charge on any atom is 0.0231 e. The molecule has 20 heavy (non-hydrogen) atoms. The summed E-state index contributed by atoms with van der Waals surface area (Å²) >= 11 is 1.90. The molecule has 1 nitrogen and oxygen atoms in total. The molecule has 0 radical (unpaired) electrons. The molecule has 0 saturated heterocycles. The van der Waals surface area contributed by atoms with Crippen LogP contribution in [0, 0.1) is 0 Å². The number of aryl methyl sites for hydroxylation is 1. The minimum absolute atomic E-state index is 1.04. The van der Waals surface area contributed by atoms with Crippen LogP contribution in [-0.2, 0) is 12.2 Å². The number of thioether (sulfide) groups is 1. The topological polar surface area (TPSA) is 3.24 Å². The maximum atomic E-state index is 2.27. The van der Waals surface area contributed by atoms with Crippen molar-refractivity contribution >= 4 is 11.8 Å². The van der Waals surface area contributed by atoms with E-state index < -0.39 is 0 Å². The molecule has 2 aromatic rings. The lowest BCUT2D eigenvalue weighted by atomic mass is 10.1. The van der Waals surface area contributed by atoms with E-state index in [1.54, 1.807) is 0 Å². The highest BCUT2D eigenvalue weighted by atomic mass is 32.2. The van der Waals surface area contributed by atoms with Crippen LogP contribution in [0.3, 0.4) is 0 Å². The molecule has 0 unspecified atom stereocenters. The Bertz CT molecular complexity index is 491. The Labute approximate surface area is 127 Å². The largest absolute Gasteiger partial charge is 0.309 e. The molecule has 2 heteroatoms. The van der Waals surface area contributed by atoms with Gasteiger partial charge in [-0.3, -0.25) is 0 Å². The van der Waals surface area contributed by atoms with Gasteiger partial charge in [-0.2, -0.15) is 0 Å². The van der Waals surface area contributed by atoms with E-state index in [2.05, 4.69) is 73.6 Å². The normalized spacial score (nSPS) is 10.9. The molecule has 0 atom stereocenters. The quantitative estimate of drug-likeness (QED) is 0.690. The van der Waals surface area contributed by atoms with Crippen LogP contribution in [0.15, 0.2) is 59.5 Å². The van der Waals surface area contributed by atoms with Crippen LogP contribution in [-0.4, -0.2) is 25.5 Å². The lowest BCUT2D eigenvalue weighted by Gasteiger charge is -2.09. The van der Waals surface area contributed by atoms with E-state index in [1.165, 1.54) is 28.9 Å². The van der Waals surface area contributed by atoms with E-state index >= 15 is 0 Å². The number of hydrogen-bond acceptors (Lipinski definition) is 2. The second-order valence-electron chi connectivity index (χ2n) is 5.33. The average molecular weight is 285 g/mol. The van der Waals surface area contributed by atoms with Gasteiger partial charge in [-0.05, 0) is 56.7 Å². The fraction of sp³-hybridized carbons (Fsp3) is 0.333. The van der Waals surface area contributed by atoms with Crippen molar-refractivity contribution < 1.29 is 0 Å². The summed E-state index contributed by atoms with van der Waals surface area (Å²) in [5, 5.41) is 0. The van der Waals surface area contributed by atoms with Gasteiger partial charge in [-0.25, -0.2) is 0 Å². The van der Waals surface area contributed by atoms with Crippen molar-refractivity contribution in [1.29, 1.82) is 0 Å². The van der Waals surface area contributed by atoms with Crippen molar-refractivity contribution in [2.24, 2.45) is 0 Å². The Morgan fingerprint density at radius 3 is 2.20 bits per heavy atom. The van der Waals surface area contributed by atoms with Crippen LogP contribution in [0.5, 0.6) is 0 Å². The van der Waals surface area contributed by atoms with Crippen molar-refractivity contribution in [3.8, 4) is 0 Å². The average Bonchev–Trinajstić information content (AvgIpc) is 2.47. The van der Waals surface area contributed by atoms with Crippen molar-refractivity contribution in [3.05, 3.63) is 65.7 Å². The fourth-order valence-electron chi connectivity index (χ4n) is 2.09. The van der Waals surface area contributed by atoms with Crippen molar-refractivity contribution in [2.45, 2.75) is 23.5 Å². The van der Waals surface area contributed by atoms with Crippen LogP contribution >= 0.6 is 11.8 Å². The summed E-state index contributed by atoms with van der Waals surface area (Å²) in [5.41, 5.74) is 2.82. The molecule has 0 amide bonds. The zero-order chi connectivity index (χ0) is 14.2. The summed E-state index contributed by atoms with van der Waals surface area (Å²) in [5.74, 6) is 1.04. The van der Waals surface area contributed by atoms with E-state index in [-0.39, 0.29) is 0 Å². The lowest BCUT2D eigenvalue weighted by Crippen LogP contribution is -2.13. The Morgan fingerprint density at radius 1 is 0.850 bits per heavy atom. The van der Waals surface area contributed by atoms with Gasteiger partial charge in [0.25, 0.3) is 0 Å². The molecule has 0 aliphatic rings. The molecule has 0 aromatic heterocycles. The molecule has 0 saturated carbocycles. The van der Waals surface area contributed by atoms with Crippen LogP contribution in [0.4, 0.5) is 0 Å². The zero-order valence-electron chi connectivity index (χ0n) is 12.4. The van der Waals surface area contributed by atoms with Gasteiger partial charge in [0.05, 0.1) is 0 Å². The first kappa shape index (κ1) is 15.1. The predicted octanol–water partition coefficient (Wildman–Crippen LogP) is 4.47. The standard InChI is InChI=1S/C18H23NS/c1-19(2)14-6-9-16-10-12-18(13-11-16)20-15-17-7-4-3-5-8-17/h3-5,7-8,10-13H,6,9,14-15H2,1-2H3. The lowest BCUT2D eigenvalue weighted by molar-refractivity contribution is 0.400. The van der Waals surface area contributed by atoms with Gasteiger partial charge in [0.2, 0.25) is 0 Å². The molecule has 0 aliphatic heterocycles. The summed E-state index contributed by atoms with van der Waals surface area (Å²) < 4.78 is 0. The van der Waals surface area contributed by atoms with Gasteiger partial charge in [-0.15, -0.1) is 11.8 Å². The molecular weight excluding hydrogens is 262 g/mol. The second kappa shape index (κ2) is 8.13. The Morgan fingerprint density at radius 2 is 1.55 bits per heavy atom. The number of benzene rings is 2. The summed E-state index contributed by atoms with van der Waals surface area (Å²) in [6.07, 6.45) is 2.39. The zero-order valence-corrected chi connectivity index (χ0v) is 13.2. The number of hydrogen-bond donors (Lipinski definition) is 0. The van der Waals surface area contributed by atoms with Gasteiger partial charge in [-0.1, -0.05) is 42.5 Å². The Hall–Kier alpha value is -1.25. The van der Waals surface area contributed by atoms with Crippen molar-refractivity contribution in [1.82, 2.24) is 4.90 Å². The summed E-state index contributed by atoms with van der Waals surface area (Å²) in [7, 11) is 4.26. The van der Waals surface area contributed by atoms with Gasteiger partial charge >= 0.3 is 0 Å². The minimum Gasteiger partial charge on any atom is -0.309 e. The summed E-state index contributed by atoms with van der Waals surface area (Å²) in [4.78, 5) is 3.59. The summed E-state index contributed by atoms with van der Waals surface area (Å²) in [6, 6.07) is 19.7. The third kappa shape index (κ3) is 5.40. The molecule has 0 aliphatic carbocycles. The first-order valence-corrected chi connectivity index (χ1v) is 8.13. The molecule has 106 valence electrons.